The van der Waals surface area contributed by atoms with E-state index in [9.17, 15) is 27.9 Å². The number of hydrogen-bond acceptors (Lipinski definition) is 7. The van der Waals surface area contributed by atoms with Crippen molar-refractivity contribution in [2.24, 2.45) is 0 Å². The lowest BCUT2D eigenvalue weighted by molar-refractivity contribution is -0.140. The van der Waals surface area contributed by atoms with Gasteiger partial charge in [-0.3, -0.25) is 14.4 Å². The summed E-state index contributed by atoms with van der Waals surface area (Å²) in [6.45, 7) is 6.76. The number of aryl methyl sites for hydroxylation is 1. The fraction of sp³-hybridized carbons (Fsp3) is 0.464. The zero-order valence-electron chi connectivity index (χ0n) is 22.4. The predicted molar refractivity (Wildman–Crippen MR) is 145 cm³/mol. The van der Waals surface area contributed by atoms with Gasteiger partial charge >= 0.3 is 11.9 Å². The molecular weight excluding hydrogens is 522 g/mol. The lowest BCUT2D eigenvalue weighted by atomic mass is 9.96. The smallest absolute Gasteiger partial charge is 0.322 e. The molecule has 210 valence electrons. The molecule has 0 saturated carbocycles. The van der Waals surface area contributed by atoms with Crippen LogP contribution in [0.4, 0.5) is 5.69 Å². The van der Waals surface area contributed by atoms with Crippen LogP contribution >= 0.6 is 0 Å². The molecule has 0 radical (unpaired) electrons. The predicted octanol–water partition coefficient (Wildman–Crippen LogP) is 3.05. The maximum atomic E-state index is 13.4. The van der Waals surface area contributed by atoms with E-state index in [1.165, 1.54) is 38.0 Å². The summed E-state index contributed by atoms with van der Waals surface area (Å²) in [4.78, 5) is 38.5. The van der Waals surface area contributed by atoms with Crippen LogP contribution in [0.15, 0.2) is 47.4 Å². The molecule has 1 amide bonds. The number of nitrogens with zero attached hydrogens (tertiary/aromatic N) is 2. The van der Waals surface area contributed by atoms with Crippen molar-refractivity contribution >= 4 is 33.6 Å². The zero-order chi connectivity index (χ0) is 28.3. The number of sulfonamides is 1. The first-order chi connectivity index (χ1) is 18.5. The van der Waals surface area contributed by atoms with Crippen LogP contribution in [-0.2, 0) is 24.4 Å². The van der Waals surface area contributed by atoms with Crippen molar-refractivity contribution in [3.8, 4) is 5.75 Å². The van der Waals surface area contributed by atoms with Crippen LogP contribution in [0, 0.1) is 6.92 Å². The molecule has 0 spiro atoms. The van der Waals surface area contributed by atoms with Gasteiger partial charge in [-0.15, -0.1) is 0 Å². The van der Waals surface area contributed by atoms with E-state index in [2.05, 4.69) is 10.2 Å². The zero-order valence-corrected chi connectivity index (χ0v) is 23.2. The summed E-state index contributed by atoms with van der Waals surface area (Å²) in [6.07, 6.45) is 2.87. The molecule has 3 atom stereocenters. The van der Waals surface area contributed by atoms with Crippen LogP contribution in [0.1, 0.15) is 56.6 Å². The van der Waals surface area contributed by atoms with Crippen LogP contribution < -0.4 is 15.0 Å². The number of carboxylic acid groups (broad SMARTS) is 1. The molecule has 1 unspecified atom stereocenters. The Hall–Kier alpha value is -3.44. The molecule has 2 N–H and O–H groups in total. The van der Waals surface area contributed by atoms with E-state index < -0.39 is 40.0 Å². The Bertz CT molecular complexity index is 1340. The second-order valence-electron chi connectivity index (χ2n) is 10.2. The van der Waals surface area contributed by atoms with Gasteiger partial charge < -0.3 is 20.1 Å². The molecule has 2 aliphatic heterocycles. The maximum absolute atomic E-state index is 13.4. The van der Waals surface area contributed by atoms with Gasteiger partial charge in [-0.05, 0) is 74.1 Å². The maximum Gasteiger partial charge on any atom is 0.322 e. The van der Waals surface area contributed by atoms with E-state index in [-0.39, 0.29) is 29.5 Å². The van der Waals surface area contributed by atoms with Gasteiger partial charge in [0.2, 0.25) is 15.9 Å². The number of anilines is 1. The molecule has 10 nitrogen and oxygen atoms in total. The monoisotopic (exact) mass is 557 g/mol. The summed E-state index contributed by atoms with van der Waals surface area (Å²) >= 11 is 0. The first-order valence-electron chi connectivity index (χ1n) is 13.2. The van der Waals surface area contributed by atoms with E-state index >= 15 is 0 Å². The molecule has 4 rings (SSSR count). The Morgan fingerprint density at radius 3 is 2.33 bits per heavy atom. The quantitative estimate of drug-likeness (QED) is 0.355. The molecule has 2 saturated heterocycles. The van der Waals surface area contributed by atoms with Gasteiger partial charge in [-0.1, -0.05) is 19.1 Å². The Labute approximate surface area is 229 Å². The Morgan fingerprint density at radius 1 is 1.10 bits per heavy atom. The molecule has 39 heavy (non-hydrogen) atoms. The Kier molecular flexibility index (Phi) is 8.60. The van der Waals surface area contributed by atoms with Gasteiger partial charge in [0.1, 0.15) is 11.8 Å². The number of carbonyl (C=O) groups excluding carboxylic acids is 2. The number of benzene rings is 2. The van der Waals surface area contributed by atoms with Crippen molar-refractivity contribution in [3.05, 3.63) is 53.6 Å². The van der Waals surface area contributed by atoms with Gasteiger partial charge in [0.05, 0.1) is 10.8 Å². The van der Waals surface area contributed by atoms with Crippen LogP contribution in [-0.4, -0.2) is 67.4 Å². The summed E-state index contributed by atoms with van der Waals surface area (Å²) in [7, 11) is -4.19. The summed E-state index contributed by atoms with van der Waals surface area (Å²) in [5, 5.41) is 12.2. The summed E-state index contributed by atoms with van der Waals surface area (Å²) in [5.41, 5.74) is 2.41. The third kappa shape index (κ3) is 6.25. The van der Waals surface area contributed by atoms with Gasteiger partial charge in [0.15, 0.2) is 0 Å². The highest BCUT2D eigenvalue weighted by Gasteiger charge is 2.44. The lowest BCUT2D eigenvalue weighted by Crippen LogP contribution is -2.41. The highest BCUT2D eigenvalue weighted by Crippen LogP contribution is 2.31. The highest BCUT2D eigenvalue weighted by atomic mass is 32.2. The topological polar surface area (TPSA) is 133 Å². The van der Waals surface area contributed by atoms with E-state index in [4.69, 9.17) is 4.74 Å². The van der Waals surface area contributed by atoms with E-state index in [1.807, 2.05) is 31.2 Å². The first-order valence-corrected chi connectivity index (χ1v) is 14.6. The second-order valence-corrected chi connectivity index (χ2v) is 12.0. The minimum absolute atomic E-state index is 0.0275. The molecule has 2 heterocycles. The first kappa shape index (κ1) is 28.6. The van der Waals surface area contributed by atoms with Crippen LogP contribution in [0.2, 0.25) is 0 Å². The molecule has 2 aromatic carbocycles. The van der Waals surface area contributed by atoms with E-state index in [0.717, 1.165) is 28.6 Å². The van der Waals surface area contributed by atoms with Gasteiger partial charge in [0.25, 0.3) is 0 Å². The largest absolute Gasteiger partial charge is 0.480 e. The van der Waals surface area contributed by atoms with Crippen LogP contribution in [0.5, 0.6) is 5.75 Å². The van der Waals surface area contributed by atoms with Gasteiger partial charge in [-0.2, -0.15) is 4.31 Å². The molecule has 2 aliphatic rings. The minimum atomic E-state index is -4.19. The molecule has 11 heteroatoms. The number of carboxylic acids is 1. The van der Waals surface area contributed by atoms with Gasteiger partial charge in [0, 0.05) is 38.3 Å². The summed E-state index contributed by atoms with van der Waals surface area (Å²) < 4.78 is 33.3. The third-order valence-corrected chi connectivity index (χ3v) is 9.24. The summed E-state index contributed by atoms with van der Waals surface area (Å²) in [6, 6.07) is 10.2. The van der Waals surface area contributed by atoms with Crippen LogP contribution in [0.25, 0.3) is 0 Å². The average Bonchev–Trinajstić information content (AvgIpc) is 3.57. The van der Waals surface area contributed by atoms with E-state index in [1.54, 1.807) is 6.92 Å². The van der Waals surface area contributed by atoms with E-state index in [0.29, 0.717) is 12.0 Å². The number of esters is 1. The standard InChI is InChI=1S/C28H35N3O7S/c1-4-24(20-7-9-22(10-8-20)30-13-5-6-14-30)28(35)38-26-12-11-23(15-18(26)2)39(36,37)31-17-21(29-19(3)32)16-25(31)27(33)34/h7-12,15,21,24-25H,4-6,13-14,16-17H2,1-3H3,(H,29,32)(H,33,34)/t21-,24?,25+/m1/s1. The van der Waals surface area contributed by atoms with Crippen LogP contribution in [0.3, 0.4) is 0 Å². The molecule has 0 aliphatic carbocycles. The number of amides is 1. The number of rotatable bonds is 9. The molecule has 0 aromatic heterocycles. The number of nitrogens with one attached hydrogen (secondary N) is 1. The SMILES string of the molecule is CCC(C(=O)Oc1ccc(S(=O)(=O)N2C[C@H](NC(C)=O)C[C@H]2C(=O)O)cc1C)c1ccc(N2CCCC2)cc1. The van der Waals surface area contributed by atoms with Gasteiger partial charge in [-0.25, -0.2) is 8.42 Å². The summed E-state index contributed by atoms with van der Waals surface area (Å²) in [5.74, 6) is -2.33. The molecular formula is C28H35N3O7S. The number of carbonyl (C=O) groups is 3. The van der Waals surface area contributed by atoms with Crippen molar-refractivity contribution in [2.75, 3.05) is 24.5 Å². The molecule has 0 bridgehead atoms. The molecule has 2 fully saturated rings. The number of aliphatic carboxylic acids is 1. The Morgan fingerprint density at radius 2 is 1.77 bits per heavy atom. The third-order valence-electron chi connectivity index (χ3n) is 7.37. The average molecular weight is 558 g/mol. The van der Waals surface area contributed by atoms with Crippen molar-refractivity contribution in [1.29, 1.82) is 0 Å². The lowest BCUT2D eigenvalue weighted by Gasteiger charge is -2.22. The minimum Gasteiger partial charge on any atom is -0.480 e. The fourth-order valence-corrected chi connectivity index (χ4v) is 7.05. The van der Waals surface area contributed by atoms with Crippen molar-refractivity contribution in [3.63, 3.8) is 0 Å². The van der Waals surface area contributed by atoms with Crippen molar-refractivity contribution in [1.82, 2.24) is 9.62 Å². The van der Waals surface area contributed by atoms with Crippen molar-refractivity contribution in [2.45, 2.75) is 69.4 Å². The Balaban J connectivity index is 1.49. The normalized spacial score (nSPS) is 20.5. The molecule has 2 aromatic rings. The number of hydrogen-bond donors (Lipinski definition) is 2. The fourth-order valence-electron chi connectivity index (χ4n) is 5.33. The second kappa shape index (κ2) is 11.7. The number of ether oxygens (including phenoxy) is 1. The van der Waals surface area contributed by atoms with Crippen molar-refractivity contribution < 1.29 is 32.6 Å². The highest BCUT2D eigenvalue weighted by molar-refractivity contribution is 7.89.